The quantitative estimate of drug-likeness (QED) is 0.609. The number of aryl methyl sites for hydroxylation is 1. The molecule has 0 bridgehead atoms. The van der Waals surface area contributed by atoms with E-state index in [1.807, 2.05) is 55.5 Å². The lowest BCUT2D eigenvalue weighted by Gasteiger charge is -2.11. The van der Waals surface area contributed by atoms with Crippen molar-refractivity contribution < 1.29 is 19.1 Å². The van der Waals surface area contributed by atoms with Gasteiger partial charge >= 0.3 is 12.1 Å². The van der Waals surface area contributed by atoms with Crippen molar-refractivity contribution >= 4 is 18.1 Å². The fourth-order valence-electron chi connectivity index (χ4n) is 2.49. The molecule has 0 aliphatic carbocycles. The smallest absolute Gasteiger partial charge is 0.407 e. The topological polar surface area (TPSA) is 64.6 Å². The Morgan fingerprint density at radius 2 is 1.85 bits per heavy atom. The van der Waals surface area contributed by atoms with Gasteiger partial charge < -0.3 is 14.8 Å². The molecule has 0 saturated carbocycles. The predicted molar refractivity (Wildman–Crippen MR) is 101 cm³/mol. The molecule has 136 valence electrons. The lowest BCUT2D eigenvalue weighted by atomic mass is 9.99. The van der Waals surface area contributed by atoms with Gasteiger partial charge in [-0.05, 0) is 41.7 Å². The molecule has 0 heterocycles. The molecule has 0 atom stereocenters. The van der Waals surface area contributed by atoms with Gasteiger partial charge in [0.25, 0.3) is 0 Å². The maximum Gasteiger partial charge on any atom is 0.407 e. The molecule has 2 rings (SSSR count). The molecule has 2 aromatic carbocycles. The summed E-state index contributed by atoms with van der Waals surface area (Å²) >= 11 is 0. The molecule has 0 saturated heterocycles. The monoisotopic (exact) mass is 353 g/mol. The number of benzene rings is 2. The van der Waals surface area contributed by atoms with Crippen molar-refractivity contribution in [1.29, 1.82) is 0 Å². The van der Waals surface area contributed by atoms with Gasteiger partial charge in [-0.25, -0.2) is 9.59 Å². The zero-order valence-electron chi connectivity index (χ0n) is 15.0. The van der Waals surface area contributed by atoms with Crippen LogP contribution in [0.15, 0.2) is 54.6 Å². The summed E-state index contributed by atoms with van der Waals surface area (Å²) in [6.07, 6.45) is 3.31. The molecule has 0 fully saturated rings. The van der Waals surface area contributed by atoms with Crippen LogP contribution in [0, 0.1) is 6.92 Å². The van der Waals surface area contributed by atoms with Crippen LogP contribution < -0.4 is 5.32 Å². The number of esters is 1. The highest BCUT2D eigenvalue weighted by Gasteiger charge is 2.06. The molecule has 0 aromatic heterocycles. The van der Waals surface area contributed by atoms with Crippen molar-refractivity contribution in [3.63, 3.8) is 0 Å². The number of ether oxygens (including phenoxy) is 2. The average Bonchev–Trinajstić information content (AvgIpc) is 2.66. The van der Waals surface area contributed by atoms with Crippen LogP contribution in [-0.4, -0.2) is 25.7 Å². The second kappa shape index (κ2) is 10.0. The van der Waals surface area contributed by atoms with Gasteiger partial charge in [0, 0.05) is 12.6 Å². The zero-order chi connectivity index (χ0) is 18.8. The van der Waals surface area contributed by atoms with Crippen molar-refractivity contribution in [3.8, 4) is 0 Å². The third kappa shape index (κ3) is 6.09. The van der Waals surface area contributed by atoms with Crippen LogP contribution in [0.1, 0.15) is 22.3 Å². The first kappa shape index (κ1) is 19.2. The summed E-state index contributed by atoms with van der Waals surface area (Å²) < 4.78 is 9.82. The Balaban J connectivity index is 1.87. The standard InChI is InChI=1S/C21H23NO4/c1-16-7-6-10-18(19(16)11-12-20(23)25-2)13-14-22-21(24)26-15-17-8-4-3-5-9-17/h3-12H,13-15H2,1-2H3,(H,22,24)/b12-11+. The molecule has 2 aromatic rings. The minimum atomic E-state index is -0.451. The Labute approximate surface area is 153 Å². The third-order valence-electron chi connectivity index (χ3n) is 3.88. The van der Waals surface area contributed by atoms with Crippen LogP contribution in [0.25, 0.3) is 6.08 Å². The maximum atomic E-state index is 11.8. The van der Waals surface area contributed by atoms with E-state index >= 15 is 0 Å². The number of hydrogen-bond acceptors (Lipinski definition) is 4. The Hall–Kier alpha value is -3.08. The Kier molecular flexibility index (Phi) is 7.43. The fourth-order valence-corrected chi connectivity index (χ4v) is 2.49. The number of amides is 1. The molecule has 0 unspecified atom stereocenters. The van der Waals surface area contributed by atoms with E-state index in [4.69, 9.17) is 4.74 Å². The number of hydrogen-bond donors (Lipinski definition) is 1. The zero-order valence-corrected chi connectivity index (χ0v) is 15.0. The Bertz CT molecular complexity index is 769. The summed E-state index contributed by atoms with van der Waals surface area (Å²) in [6, 6.07) is 15.4. The third-order valence-corrected chi connectivity index (χ3v) is 3.88. The largest absolute Gasteiger partial charge is 0.466 e. The van der Waals surface area contributed by atoms with E-state index in [-0.39, 0.29) is 6.61 Å². The van der Waals surface area contributed by atoms with Gasteiger partial charge in [-0.1, -0.05) is 48.5 Å². The minimum Gasteiger partial charge on any atom is -0.466 e. The van der Waals surface area contributed by atoms with Crippen LogP contribution in [0.5, 0.6) is 0 Å². The minimum absolute atomic E-state index is 0.240. The van der Waals surface area contributed by atoms with Crippen molar-refractivity contribution in [2.45, 2.75) is 20.0 Å². The molecular formula is C21H23NO4. The predicted octanol–water partition coefficient (Wildman–Crippen LogP) is 3.65. The van der Waals surface area contributed by atoms with Gasteiger partial charge in [-0.15, -0.1) is 0 Å². The lowest BCUT2D eigenvalue weighted by Crippen LogP contribution is -2.26. The number of methoxy groups -OCH3 is 1. The number of rotatable bonds is 7. The highest BCUT2D eigenvalue weighted by atomic mass is 16.5. The Morgan fingerprint density at radius 3 is 2.58 bits per heavy atom. The van der Waals surface area contributed by atoms with Gasteiger partial charge in [0.15, 0.2) is 0 Å². The first-order chi connectivity index (χ1) is 12.6. The van der Waals surface area contributed by atoms with Crippen LogP contribution in [0.3, 0.4) is 0 Å². The van der Waals surface area contributed by atoms with E-state index < -0.39 is 12.1 Å². The molecule has 1 N–H and O–H groups in total. The normalized spacial score (nSPS) is 10.5. The van der Waals surface area contributed by atoms with E-state index in [9.17, 15) is 9.59 Å². The van der Waals surface area contributed by atoms with Crippen molar-refractivity contribution in [3.05, 3.63) is 76.9 Å². The molecule has 5 heteroatoms. The van der Waals surface area contributed by atoms with E-state index in [2.05, 4.69) is 10.1 Å². The number of alkyl carbamates (subject to hydrolysis) is 1. The van der Waals surface area contributed by atoms with Crippen LogP contribution in [0.2, 0.25) is 0 Å². The van der Waals surface area contributed by atoms with Crippen LogP contribution in [0.4, 0.5) is 4.79 Å². The SMILES string of the molecule is COC(=O)/C=C/c1c(C)cccc1CCNC(=O)OCc1ccccc1. The average molecular weight is 353 g/mol. The van der Waals surface area contributed by atoms with E-state index in [0.717, 1.165) is 22.3 Å². The second-order valence-electron chi connectivity index (χ2n) is 5.74. The van der Waals surface area contributed by atoms with E-state index in [0.29, 0.717) is 13.0 Å². The van der Waals surface area contributed by atoms with Gasteiger partial charge in [-0.2, -0.15) is 0 Å². The number of carbonyl (C=O) groups is 2. The number of nitrogens with one attached hydrogen (secondary N) is 1. The first-order valence-electron chi connectivity index (χ1n) is 8.39. The van der Waals surface area contributed by atoms with Crippen molar-refractivity contribution in [2.75, 3.05) is 13.7 Å². The molecule has 26 heavy (non-hydrogen) atoms. The number of carbonyl (C=O) groups excluding carboxylic acids is 2. The summed E-state index contributed by atoms with van der Waals surface area (Å²) in [6.45, 7) is 2.66. The maximum absolute atomic E-state index is 11.8. The molecule has 5 nitrogen and oxygen atoms in total. The summed E-state index contributed by atoms with van der Waals surface area (Å²) in [5, 5.41) is 2.75. The summed E-state index contributed by atoms with van der Waals surface area (Å²) in [5.41, 5.74) is 3.98. The molecule has 0 spiro atoms. The van der Waals surface area contributed by atoms with Gasteiger partial charge in [0.1, 0.15) is 6.61 Å². The summed E-state index contributed by atoms with van der Waals surface area (Å²) in [4.78, 5) is 23.1. The molecule has 1 amide bonds. The highest BCUT2D eigenvalue weighted by molar-refractivity contribution is 5.87. The first-order valence-corrected chi connectivity index (χ1v) is 8.39. The molecular weight excluding hydrogens is 330 g/mol. The lowest BCUT2D eigenvalue weighted by molar-refractivity contribution is -0.134. The van der Waals surface area contributed by atoms with E-state index in [1.54, 1.807) is 6.08 Å². The van der Waals surface area contributed by atoms with Gasteiger partial charge in [0.05, 0.1) is 7.11 Å². The molecule has 0 aliphatic rings. The van der Waals surface area contributed by atoms with Crippen molar-refractivity contribution in [2.24, 2.45) is 0 Å². The van der Waals surface area contributed by atoms with Gasteiger partial charge in [-0.3, -0.25) is 0 Å². The van der Waals surface area contributed by atoms with Crippen LogP contribution in [-0.2, 0) is 27.3 Å². The highest BCUT2D eigenvalue weighted by Crippen LogP contribution is 2.16. The molecule has 0 aliphatic heterocycles. The molecule has 0 radical (unpaired) electrons. The van der Waals surface area contributed by atoms with E-state index in [1.165, 1.54) is 13.2 Å². The summed E-state index contributed by atoms with van der Waals surface area (Å²) in [7, 11) is 1.34. The van der Waals surface area contributed by atoms with Crippen molar-refractivity contribution in [1.82, 2.24) is 5.32 Å². The summed E-state index contributed by atoms with van der Waals surface area (Å²) in [5.74, 6) is -0.401. The second-order valence-corrected chi connectivity index (χ2v) is 5.74. The Morgan fingerprint density at radius 1 is 1.08 bits per heavy atom. The van der Waals surface area contributed by atoms with Crippen LogP contribution >= 0.6 is 0 Å². The van der Waals surface area contributed by atoms with Gasteiger partial charge in [0.2, 0.25) is 0 Å². The fraction of sp³-hybridized carbons (Fsp3) is 0.238.